The summed E-state index contributed by atoms with van der Waals surface area (Å²) in [6.45, 7) is 2.13. The van der Waals surface area contributed by atoms with Gasteiger partial charge in [0.1, 0.15) is 5.60 Å². The van der Waals surface area contributed by atoms with Crippen LogP contribution in [0, 0.1) is 0 Å². The summed E-state index contributed by atoms with van der Waals surface area (Å²) in [6.07, 6.45) is 0.602. The first-order valence-electron chi connectivity index (χ1n) is 4.31. The van der Waals surface area contributed by atoms with Crippen LogP contribution in [0.15, 0.2) is 24.3 Å². The molecule has 1 atom stereocenters. The Morgan fingerprint density at radius 2 is 1.86 bits per heavy atom. The molecule has 0 aromatic heterocycles. The lowest BCUT2D eigenvalue weighted by Gasteiger charge is -2.25. The molecule has 0 aliphatic carbocycles. The highest BCUT2D eigenvalue weighted by Crippen LogP contribution is 2.24. The van der Waals surface area contributed by atoms with E-state index in [2.05, 4.69) is 0 Å². The predicted molar refractivity (Wildman–Crippen MR) is 61.9 cm³/mol. The molecule has 0 aliphatic heterocycles. The van der Waals surface area contributed by atoms with E-state index >= 15 is 0 Å². The maximum absolute atomic E-state index is 10.0. The van der Waals surface area contributed by atoms with Crippen molar-refractivity contribution in [1.29, 1.82) is 0 Å². The van der Waals surface area contributed by atoms with Gasteiger partial charge in [-0.2, -0.15) is 0 Å². The Hall–Kier alpha value is -0.280. The monoisotopic (exact) mass is 235 g/mol. The largest absolute Gasteiger partial charge is 0.384 e. The Kier molecular flexibility index (Phi) is 5.45. The van der Waals surface area contributed by atoms with Crippen LogP contribution in [0.5, 0.6) is 0 Å². The minimum absolute atomic E-state index is 0. The Balaban J connectivity index is 0.00000169. The van der Waals surface area contributed by atoms with Gasteiger partial charge in [0.15, 0.2) is 0 Å². The van der Waals surface area contributed by atoms with Gasteiger partial charge in [-0.05, 0) is 24.1 Å². The SMILES string of the molecule is CCC(O)(CN)c1ccc(Cl)cc1.Cl. The van der Waals surface area contributed by atoms with Crippen molar-refractivity contribution in [1.82, 2.24) is 0 Å². The standard InChI is InChI=1S/C10H14ClNO.ClH/c1-2-10(13,7-12)8-3-5-9(11)6-4-8;/h3-6,13H,2,7,12H2,1H3;1H. The molecule has 1 rings (SSSR count). The van der Waals surface area contributed by atoms with Crippen molar-refractivity contribution >= 4 is 24.0 Å². The first-order valence-corrected chi connectivity index (χ1v) is 4.68. The summed E-state index contributed by atoms with van der Waals surface area (Å²) >= 11 is 5.74. The molecule has 80 valence electrons. The van der Waals surface area contributed by atoms with Crippen molar-refractivity contribution in [2.24, 2.45) is 5.73 Å². The van der Waals surface area contributed by atoms with E-state index in [1.54, 1.807) is 24.3 Å². The second-order valence-electron chi connectivity index (χ2n) is 3.10. The molecule has 1 aromatic rings. The fourth-order valence-electron chi connectivity index (χ4n) is 1.23. The summed E-state index contributed by atoms with van der Waals surface area (Å²) in [5.74, 6) is 0. The van der Waals surface area contributed by atoms with Crippen molar-refractivity contribution in [3.63, 3.8) is 0 Å². The van der Waals surface area contributed by atoms with Gasteiger partial charge in [0, 0.05) is 11.6 Å². The number of aliphatic hydroxyl groups is 1. The van der Waals surface area contributed by atoms with Crippen molar-refractivity contribution in [2.75, 3.05) is 6.54 Å². The normalized spacial score (nSPS) is 14.3. The van der Waals surface area contributed by atoms with Crippen LogP contribution in [0.2, 0.25) is 5.02 Å². The summed E-state index contributed by atoms with van der Waals surface area (Å²) < 4.78 is 0. The fraction of sp³-hybridized carbons (Fsp3) is 0.400. The van der Waals surface area contributed by atoms with Crippen LogP contribution < -0.4 is 5.73 Å². The lowest BCUT2D eigenvalue weighted by molar-refractivity contribution is 0.0419. The molecule has 0 radical (unpaired) electrons. The van der Waals surface area contributed by atoms with E-state index in [9.17, 15) is 5.11 Å². The molecular weight excluding hydrogens is 221 g/mol. The molecule has 0 amide bonds. The number of nitrogens with two attached hydrogens (primary N) is 1. The molecule has 2 nitrogen and oxygen atoms in total. The van der Waals surface area contributed by atoms with Crippen LogP contribution in [0.3, 0.4) is 0 Å². The van der Waals surface area contributed by atoms with Gasteiger partial charge in [0.05, 0.1) is 0 Å². The molecule has 3 N–H and O–H groups in total. The number of hydrogen-bond donors (Lipinski definition) is 2. The third-order valence-corrected chi connectivity index (χ3v) is 2.56. The van der Waals surface area contributed by atoms with Gasteiger partial charge in [-0.15, -0.1) is 12.4 Å². The number of benzene rings is 1. The molecule has 14 heavy (non-hydrogen) atoms. The zero-order valence-corrected chi connectivity index (χ0v) is 9.61. The third-order valence-electron chi connectivity index (χ3n) is 2.30. The Bertz CT molecular complexity index is 270. The third kappa shape index (κ3) is 2.85. The lowest BCUT2D eigenvalue weighted by Crippen LogP contribution is -2.33. The van der Waals surface area contributed by atoms with E-state index in [0.29, 0.717) is 11.4 Å². The molecule has 1 unspecified atom stereocenters. The second-order valence-corrected chi connectivity index (χ2v) is 3.53. The molecule has 0 spiro atoms. The average molecular weight is 236 g/mol. The smallest absolute Gasteiger partial charge is 0.102 e. The highest BCUT2D eigenvalue weighted by atomic mass is 35.5. The highest BCUT2D eigenvalue weighted by Gasteiger charge is 2.24. The van der Waals surface area contributed by atoms with Gasteiger partial charge in [-0.25, -0.2) is 0 Å². The topological polar surface area (TPSA) is 46.2 Å². The summed E-state index contributed by atoms with van der Waals surface area (Å²) in [6, 6.07) is 7.12. The van der Waals surface area contributed by atoms with Crippen LogP contribution in [0.25, 0.3) is 0 Å². The van der Waals surface area contributed by atoms with Gasteiger partial charge >= 0.3 is 0 Å². The lowest BCUT2D eigenvalue weighted by atomic mass is 9.91. The van der Waals surface area contributed by atoms with Crippen LogP contribution in [0.1, 0.15) is 18.9 Å². The molecular formula is C10H15Cl2NO. The van der Waals surface area contributed by atoms with Crippen molar-refractivity contribution < 1.29 is 5.11 Å². The predicted octanol–water partition coefficient (Wildman–Crippen LogP) is 2.32. The van der Waals surface area contributed by atoms with Gasteiger partial charge in [0.25, 0.3) is 0 Å². The number of hydrogen-bond acceptors (Lipinski definition) is 2. The Labute approximate surface area is 95.5 Å². The molecule has 0 fully saturated rings. The van der Waals surface area contributed by atoms with E-state index in [1.165, 1.54) is 0 Å². The molecule has 4 heteroatoms. The minimum atomic E-state index is -0.912. The van der Waals surface area contributed by atoms with Gasteiger partial charge in [-0.1, -0.05) is 30.7 Å². The Morgan fingerprint density at radius 3 is 2.21 bits per heavy atom. The van der Waals surface area contributed by atoms with E-state index in [-0.39, 0.29) is 19.0 Å². The van der Waals surface area contributed by atoms with Crippen LogP contribution in [0.4, 0.5) is 0 Å². The summed E-state index contributed by atoms with van der Waals surface area (Å²) in [4.78, 5) is 0. The van der Waals surface area contributed by atoms with Gasteiger partial charge < -0.3 is 10.8 Å². The van der Waals surface area contributed by atoms with Crippen LogP contribution in [-0.4, -0.2) is 11.7 Å². The van der Waals surface area contributed by atoms with E-state index in [0.717, 1.165) is 5.56 Å². The summed E-state index contributed by atoms with van der Waals surface area (Å²) in [7, 11) is 0. The number of rotatable bonds is 3. The van der Waals surface area contributed by atoms with Gasteiger partial charge in [-0.3, -0.25) is 0 Å². The molecule has 0 saturated carbocycles. The van der Waals surface area contributed by atoms with Crippen molar-refractivity contribution in [3.05, 3.63) is 34.9 Å². The maximum atomic E-state index is 10.0. The molecule has 0 aliphatic rings. The molecule has 0 bridgehead atoms. The molecule has 0 heterocycles. The minimum Gasteiger partial charge on any atom is -0.384 e. The maximum Gasteiger partial charge on any atom is 0.102 e. The average Bonchev–Trinajstić information content (AvgIpc) is 2.18. The van der Waals surface area contributed by atoms with Crippen LogP contribution >= 0.6 is 24.0 Å². The first kappa shape index (κ1) is 13.7. The zero-order valence-electron chi connectivity index (χ0n) is 8.03. The molecule has 0 saturated heterocycles. The van der Waals surface area contributed by atoms with E-state index in [1.807, 2.05) is 6.92 Å². The summed E-state index contributed by atoms with van der Waals surface area (Å²) in [5, 5.41) is 10.7. The second kappa shape index (κ2) is 5.56. The van der Waals surface area contributed by atoms with Crippen molar-refractivity contribution in [2.45, 2.75) is 18.9 Å². The summed E-state index contributed by atoms with van der Waals surface area (Å²) in [5.41, 5.74) is 5.41. The van der Waals surface area contributed by atoms with Gasteiger partial charge in [0.2, 0.25) is 0 Å². The quantitative estimate of drug-likeness (QED) is 0.845. The first-order chi connectivity index (χ1) is 6.12. The number of halogens is 2. The zero-order chi connectivity index (χ0) is 9.90. The van der Waals surface area contributed by atoms with Crippen LogP contribution in [-0.2, 0) is 5.60 Å². The van der Waals surface area contributed by atoms with Crippen molar-refractivity contribution in [3.8, 4) is 0 Å². The Morgan fingerprint density at radius 1 is 1.36 bits per heavy atom. The van der Waals surface area contributed by atoms with E-state index < -0.39 is 5.60 Å². The fourth-order valence-corrected chi connectivity index (χ4v) is 1.35. The molecule has 1 aromatic carbocycles. The van der Waals surface area contributed by atoms with E-state index in [4.69, 9.17) is 17.3 Å². The highest BCUT2D eigenvalue weighted by molar-refractivity contribution is 6.30.